The van der Waals surface area contributed by atoms with E-state index in [-0.39, 0.29) is 11.7 Å². The number of aromatic hydroxyl groups is 1. The molecule has 0 bridgehead atoms. The van der Waals surface area contributed by atoms with Crippen LogP contribution in [-0.4, -0.2) is 22.9 Å². The number of halogens is 1. The highest BCUT2D eigenvalue weighted by Gasteiger charge is 2.17. The number of nitrogens with zero attached hydrogens (tertiary/aromatic N) is 1. The lowest BCUT2D eigenvalue weighted by Crippen LogP contribution is -1.94. The van der Waals surface area contributed by atoms with Gasteiger partial charge in [-0.15, -0.1) is 0 Å². The smallest absolute Gasteiger partial charge is 0.198 e. The highest BCUT2D eigenvalue weighted by molar-refractivity contribution is 6.13. The van der Waals surface area contributed by atoms with E-state index in [1.165, 1.54) is 13.2 Å². The molecule has 0 aliphatic rings. The number of para-hydroxylation sites is 1. The van der Waals surface area contributed by atoms with Gasteiger partial charge in [-0.1, -0.05) is 30.3 Å². The van der Waals surface area contributed by atoms with Gasteiger partial charge < -0.3 is 14.8 Å². The second kappa shape index (κ2) is 7.19. The van der Waals surface area contributed by atoms with Crippen LogP contribution in [0.3, 0.4) is 0 Å². The number of benzene rings is 3. The van der Waals surface area contributed by atoms with Crippen LogP contribution >= 0.6 is 0 Å². The summed E-state index contributed by atoms with van der Waals surface area (Å²) in [4.78, 5) is 7.57. The molecule has 4 rings (SSSR count). The Labute approximate surface area is 161 Å². The molecule has 0 unspecified atom stereocenters. The first-order chi connectivity index (χ1) is 13.6. The molecule has 0 saturated carbocycles. The minimum absolute atomic E-state index is 0.0322. The quantitative estimate of drug-likeness (QED) is 0.442. The third-order valence-electron chi connectivity index (χ3n) is 4.68. The molecular weight excluding hydrogens is 355 g/mol. The maximum Gasteiger partial charge on any atom is 0.198 e. The van der Waals surface area contributed by atoms with Crippen LogP contribution in [0, 0.1) is 5.82 Å². The first-order valence-corrected chi connectivity index (χ1v) is 8.86. The molecule has 4 nitrogen and oxygen atoms in total. The van der Waals surface area contributed by atoms with Gasteiger partial charge in [0.25, 0.3) is 0 Å². The minimum atomic E-state index is -0.366. The summed E-state index contributed by atoms with van der Waals surface area (Å²) in [7, 11) is 1.51. The Balaban J connectivity index is 1.90. The topological polar surface area (TPSA) is 57.6 Å². The number of ether oxygens (including phenoxy) is 1. The number of hydrogen-bond acceptors (Lipinski definition) is 3. The first kappa shape index (κ1) is 17.8. The Morgan fingerprint density at radius 3 is 2.57 bits per heavy atom. The summed E-state index contributed by atoms with van der Waals surface area (Å²) in [5.41, 5.74) is 3.84. The average molecular weight is 374 g/mol. The summed E-state index contributed by atoms with van der Waals surface area (Å²) in [5, 5.41) is 11.2. The summed E-state index contributed by atoms with van der Waals surface area (Å²) in [6.07, 6.45) is 0. The Morgan fingerprint density at radius 1 is 1.04 bits per heavy atom. The maximum absolute atomic E-state index is 14.5. The van der Waals surface area contributed by atoms with Crippen molar-refractivity contribution in [3.63, 3.8) is 0 Å². The summed E-state index contributed by atoms with van der Waals surface area (Å²) >= 11 is 0. The Hall–Kier alpha value is -3.60. The lowest BCUT2D eigenvalue weighted by molar-refractivity contribution is 0.413. The number of nitrogens with one attached hydrogen (secondary N) is 1. The predicted octanol–water partition coefficient (Wildman–Crippen LogP) is 5.83. The van der Waals surface area contributed by atoms with Crippen LogP contribution < -0.4 is 4.74 Å². The molecule has 0 amide bonds. The summed E-state index contributed by atoms with van der Waals surface area (Å²) in [6, 6.07) is 19.7. The van der Waals surface area contributed by atoms with E-state index >= 15 is 0 Å². The zero-order valence-corrected chi connectivity index (χ0v) is 15.5. The van der Waals surface area contributed by atoms with Crippen molar-refractivity contribution < 1.29 is 14.2 Å². The van der Waals surface area contributed by atoms with E-state index < -0.39 is 0 Å². The van der Waals surface area contributed by atoms with E-state index in [4.69, 9.17) is 4.74 Å². The van der Waals surface area contributed by atoms with Gasteiger partial charge in [-0.2, -0.15) is 0 Å². The number of H-pyrrole nitrogens is 1. The van der Waals surface area contributed by atoms with Crippen molar-refractivity contribution in [3.8, 4) is 22.8 Å². The molecule has 2 N–H and O–H groups in total. The molecule has 0 atom stereocenters. The van der Waals surface area contributed by atoms with Crippen LogP contribution in [0.5, 0.6) is 11.6 Å². The second-order valence-electron chi connectivity index (χ2n) is 6.46. The minimum Gasteiger partial charge on any atom is -0.496 e. The molecule has 1 heterocycles. The first-order valence-electron chi connectivity index (χ1n) is 8.86. The molecule has 5 heteroatoms. The lowest BCUT2D eigenvalue weighted by atomic mass is 10.00. The fourth-order valence-electron chi connectivity index (χ4n) is 3.41. The van der Waals surface area contributed by atoms with E-state index in [0.717, 1.165) is 16.6 Å². The summed E-state index contributed by atoms with van der Waals surface area (Å²) < 4.78 is 19.8. The number of fused-ring (bicyclic) bond motifs is 1. The van der Waals surface area contributed by atoms with Crippen LogP contribution in [0.1, 0.15) is 12.5 Å². The van der Waals surface area contributed by atoms with Crippen molar-refractivity contribution >= 4 is 22.3 Å². The maximum atomic E-state index is 14.5. The third kappa shape index (κ3) is 3.11. The number of aromatic amines is 1. The van der Waals surface area contributed by atoms with Gasteiger partial charge in [0.1, 0.15) is 11.6 Å². The molecule has 0 fully saturated rings. The third-order valence-corrected chi connectivity index (χ3v) is 4.68. The van der Waals surface area contributed by atoms with E-state index in [0.29, 0.717) is 28.2 Å². The van der Waals surface area contributed by atoms with Crippen LogP contribution in [0.15, 0.2) is 71.7 Å². The summed E-state index contributed by atoms with van der Waals surface area (Å²) in [6.45, 7) is 1.84. The highest BCUT2D eigenvalue weighted by Crippen LogP contribution is 2.37. The molecule has 3 aromatic carbocycles. The normalized spacial score (nSPS) is 11.8. The molecule has 4 aromatic rings. The van der Waals surface area contributed by atoms with E-state index in [1.54, 1.807) is 18.2 Å². The number of aliphatic imine (C=N–C) groups is 1. The fraction of sp³-hybridized carbons (Fsp3) is 0.0870. The Bertz CT molecular complexity index is 1180. The number of rotatable bonds is 4. The molecular formula is C23H19FN2O2. The van der Waals surface area contributed by atoms with E-state index in [9.17, 15) is 9.50 Å². The highest BCUT2D eigenvalue weighted by atomic mass is 19.1. The van der Waals surface area contributed by atoms with E-state index in [2.05, 4.69) is 9.98 Å². The van der Waals surface area contributed by atoms with Gasteiger partial charge in [-0.3, -0.25) is 4.99 Å². The number of hydrogen-bond donors (Lipinski definition) is 2. The van der Waals surface area contributed by atoms with Gasteiger partial charge >= 0.3 is 0 Å². The molecule has 0 aliphatic carbocycles. The van der Waals surface area contributed by atoms with Crippen molar-refractivity contribution in [2.45, 2.75) is 6.92 Å². The van der Waals surface area contributed by atoms with Crippen molar-refractivity contribution in [1.82, 2.24) is 4.98 Å². The van der Waals surface area contributed by atoms with Gasteiger partial charge in [-0.05, 0) is 48.9 Å². The van der Waals surface area contributed by atoms with Crippen LogP contribution in [0.4, 0.5) is 10.1 Å². The molecule has 0 saturated heterocycles. The van der Waals surface area contributed by atoms with Crippen molar-refractivity contribution in [2.24, 2.45) is 4.99 Å². The van der Waals surface area contributed by atoms with Crippen molar-refractivity contribution in [3.05, 3.63) is 78.1 Å². The fourth-order valence-corrected chi connectivity index (χ4v) is 3.41. The molecule has 0 aliphatic heterocycles. The monoisotopic (exact) mass is 374 g/mol. The van der Waals surface area contributed by atoms with Crippen LogP contribution in [-0.2, 0) is 0 Å². The lowest BCUT2D eigenvalue weighted by Gasteiger charge is -2.10. The van der Waals surface area contributed by atoms with Crippen molar-refractivity contribution in [2.75, 3.05) is 7.11 Å². The largest absolute Gasteiger partial charge is 0.496 e. The number of aromatic nitrogens is 1. The molecule has 1 aromatic heterocycles. The van der Waals surface area contributed by atoms with Gasteiger partial charge in [0.15, 0.2) is 5.88 Å². The zero-order valence-electron chi connectivity index (χ0n) is 15.5. The van der Waals surface area contributed by atoms with Gasteiger partial charge in [-0.25, -0.2) is 4.39 Å². The Kier molecular flexibility index (Phi) is 4.57. The Morgan fingerprint density at radius 2 is 1.82 bits per heavy atom. The van der Waals surface area contributed by atoms with Gasteiger partial charge in [0.05, 0.1) is 29.6 Å². The van der Waals surface area contributed by atoms with Gasteiger partial charge in [0.2, 0.25) is 0 Å². The van der Waals surface area contributed by atoms with E-state index in [1.807, 2.05) is 49.4 Å². The molecule has 0 spiro atoms. The molecule has 140 valence electrons. The van der Waals surface area contributed by atoms with Crippen LogP contribution in [0.2, 0.25) is 0 Å². The summed E-state index contributed by atoms with van der Waals surface area (Å²) in [5.74, 6) is 0.120. The SMILES string of the molecule is COc1cccc(F)c1-c1ccc2[nH]c(O)c(C(C)=Nc3ccccc3)c2c1. The predicted molar refractivity (Wildman–Crippen MR) is 110 cm³/mol. The number of methoxy groups -OCH3 is 1. The van der Waals surface area contributed by atoms with Gasteiger partial charge in [0, 0.05) is 10.9 Å². The standard InChI is InChI=1S/C23H19FN2O2/c1-14(25-16-7-4-3-5-8-16)21-17-13-15(11-12-19(17)26-23(21)27)22-18(24)9-6-10-20(22)28-2/h3-13,26-27H,1-2H3. The molecule has 0 radical (unpaired) electrons. The van der Waals surface area contributed by atoms with Crippen LogP contribution in [0.25, 0.3) is 22.0 Å². The average Bonchev–Trinajstić information content (AvgIpc) is 3.03. The second-order valence-corrected chi connectivity index (χ2v) is 6.46. The van der Waals surface area contributed by atoms with Crippen molar-refractivity contribution in [1.29, 1.82) is 0 Å². The molecule has 28 heavy (non-hydrogen) atoms. The zero-order chi connectivity index (χ0) is 19.7.